The molecule has 0 radical (unpaired) electrons. The molecule has 0 aliphatic carbocycles. The van der Waals surface area contributed by atoms with Crippen LogP contribution in [0.2, 0.25) is 0 Å². The van der Waals surface area contributed by atoms with E-state index in [2.05, 4.69) is 27.7 Å². The van der Waals surface area contributed by atoms with Crippen molar-refractivity contribution >= 4 is 32.6 Å². The molecule has 84 valence electrons. The molecule has 0 N–H and O–H groups in total. The maximum absolute atomic E-state index is 12.1. The Morgan fingerprint density at radius 1 is 1.38 bits per heavy atom. The van der Waals surface area contributed by atoms with Gasteiger partial charge in [-0.05, 0) is 59.3 Å². The lowest BCUT2D eigenvalue weighted by Gasteiger charge is -2.05. The lowest BCUT2D eigenvalue weighted by molar-refractivity contribution is 0.580. The number of rotatable bonds is 2. The van der Waals surface area contributed by atoms with E-state index in [4.69, 9.17) is 0 Å². The lowest BCUT2D eigenvalue weighted by atomic mass is 10.2. The molecular formula is C10H9IN2O2S. The Labute approximate surface area is 107 Å². The molecule has 4 nitrogen and oxygen atoms in total. The van der Waals surface area contributed by atoms with Crippen LogP contribution in [0.5, 0.6) is 0 Å². The molecule has 0 atom stereocenters. The minimum absolute atomic E-state index is 0.258. The third kappa shape index (κ3) is 1.99. The molecule has 0 saturated heterocycles. The van der Waals surface area contributed by atoms with Crippen LogP contribution in [0.3, 0.4) is 0 Å². The monoisotopic (exact) mass is 348 g/mol. The fourth-order valence-corrected chi connectivity index (χ4v) is 2.81. The molecule has 0 aliphatic rings. The summed E-state index contributed by atoms with van der Waals surface area (Å²) in [6.07, 6.45) is 2.86. The number of hydrogen-bond acceptors (Lipinski definition) is 3. The standard InChI is InChI=1S/C10H9IN2O2S/c1-8-7-9(3-4-10(8)11)16(14,15)13-6-2-5-12-13/h2-7H,1H3. The fourth-order valence-electron chi connectivity index (χ4n) is 1.28. The van der Waals surface area contributed by atoms with Gasteiger partial charge in [-0.1, -0.05) is 0 Å². The number of halogens is 1. The predicted octanol–water partition coefficient (Wildman–Crippen LogP) is 2.03. The van der Waals surface area contributed by atoms with E-state index in [0.29, 0.717) is 0 Å². The minimum atomic E-state index is -3.53. The molecule has 0 fully saturated rings. The maximum Gasteiger partial charge on any atom is 0.282 e. The Morgan fingerprint density at radius 2 is 2.12 bits per heavy atom. The van der Waals surface area contributed by atoms with Gasteiger partial charge in [0.15, 0.2) is 0 Å². The van der Waals surface area contributed by atoms with Gasteiger partial charge in [-0.25, -0.2) is 0 Å². The van der Waals surface area contributed by atoms with Gasteiger partial charge in [0.1, 0.15) is 0 Å². The molecule has 16 heavy (non-hydrogen) atoms. The molecule has 2 rings (SSSR count). The van der Waals surface area contributed by atoms with Gasteiger partial charge in [-0.3, -0.25) is 0 Å². The molecule has 6 heteroatoms. The van der Waals surface area contributed by atoms with E-state index < -0.39 is 10.0 Å². The molecule has 0 bridgehead atoms. The normalized spacial score (nSPS) is 11.6. The SMILES string of the molecule is Cc1cc(S(=O)(=O)n2cccn2)ccc1I. The van der Waals surface area contributed by atoms with Gasteiger partial charge in [0.2, 0.25) is 0 Å². The van der Waals surface area contributed by atoms with Crippen LogP contribution in [-0.2, 0) is 10.0 Å². The Kier molecular flexibility index (Phi) is 3.02. The largest absolute Gasteiger partial charge is 0.282 e. The van der Waals surface area contributed by atoms with Crippen molar-refractivity contribution in [2.75, 3.05) is 0 Å². The van der Waals surface area contributed by atoms with Crippen LogP contribution >= 0.6 is 22.6 Å². The zero-order valence-electron chi connectivity index (χ0n) is 8.46. The lowest BCUT2D eigenvalue weighted by Crippen LogP contribution is -2.13. The van der Waals surface area contributed by atoms with Gasteiger partial charge < -0.3 is 0 Å². The third-order valence-corrected chi connectivity index (χ3v) is 4.92. The summed E-state index contributed by atoms with van der Waals surface area (Å²) in [4.78, 5) is 0.258. The van der Waals surface area contributed by atoms with Crippen LogP contribution in [0.1, 0.15) is 5.56 Å². The van der Waals surface area contributed by atoms with Crippen LogP contribution in [0.4, 0.5) is 0 Å². The first-order valence-electron chi connectivity index (χ1n) is 4.53. The van der Waals surface area contributed by atoms with Crippen LogP contribution in [0.25, 0.3) is 0 Å². The highest BCUT2D eigenvalue weighted by atomic mass is 127. The van der Waals surface area contributed by atoms with Crippen molar-refractivity contribution in [3.05, 3.63) is 45.8 Å². The Morgan fingerprint density at radius 3 is 2.69 bits per heavy atom. The van der Waals surface area contributed by atoms with E-state index in [1.54, 1.807) is 24.3 Å². The maximum atomic E-state index is 12.1. The number of hydrogen-bond donors (Lipinski definition) is 0. The highest BCUT2D eigenvalue weighted by Crippen LogP contribution is 2.18. The Hall–Kier alpha value is -0.890. The summed E-state index contributed by atoms with van der Waals surface area (Å²) >= 11 is 2.17. The first kappa shape index (κ1) is 11.6. The average molecular weight is 348 g/mol. The first-order chi connectivity index (χ1) is 7.51. The van der Waals surface area contributed by atoms with Gasteiger partial charge in [0, 0.05) is 9.77 Å². The molecule has 0 saturated carbocycles. The van der Waals surface area contributed by atoms with Crippen LogP contribution in [0, 0.1) is 10.5 Å². The second-order valence-electron chi connectivity index (χ2n) is 3.29. The molecule has 0 spiro atoms. The van der Waals surface area contributed by atoms with Gasteiger partial charge in [-0.2, -0.15) is 17.6 Å². The number of nitrogens with zero attached hydrogens (tertiary/aromatic N) is 2. The molecule has 1 aromatic heterocycles. The van der Waals surface area contributed by atoms with E-state index in [1.807, 2.05) is 6.92 Å². The molecular weight excluding hydrogens is 339 g/mol. The molecule has 1 aromatic carbocycles. The van der Waals surface area contributed by atoms with Crippen LogP contribution in [0.15, 0.2) is 41.6 Å². The average Bonchev–Trinajstić information content (AvgIpc) is 2.75. The second-order valence-corrected chi connectivity index (χ2v) is 6.25. The number of benzene rings is 1. The van der Waals surface area contributed by atoms with E-state index in [9.17, 15) is 8.42 Å². The summed E-state index contributed by atoms with van der Waals surface area (Å²) in [5.74, 6) is 0. The number of aromatic nitrogens is 2. The summed E-state index contributed by atoms with van der Waals surface area (Å²) in [6.45, 7) is 1.88. The quantitative estimate of drug-likeness (QED) is 0.781. The van der Waals surface area contributed by atoms with E-state index in [1.165, 1.54) is 12.4 Å². The predicted molar refractivity (Wildman–Crippen MR) is 68.7 cm³/mol. The van der Waals surface area contributed by atoms with Gasteiger partial charge >= 0.3 is 0 Å². The van der Waals surface area contributed by atoms with Gasteiger partial charge in [0.25, 0.3) is 10.0 Å². The van der Waals surface area contributed by atoms with Gasteiger partial charge in [-0.15, -0.1) is 0 Å². The van der Waals surface area contributed by atoms with Gasteiger partial charge in [0.05, 0.1) is 11.1 Å². The van der Waals surface area contributed by atoms with Crippen molar-refractivity contribution in [1.82, 2.24) is 9.19 Å². The highest BCUT2D eigenvalue weighted by Gasteiger charge is 2.17. The molecule has 0 amide bonds. The van der Waals surface area contributed by atoms with E-state index >= 15 is 0 Å². The molecule has 0 unspecified atom stereocenters. The summed E-state index contributed by atoms with van der Waals surface area (Å²) < 4.78 is 26.1. The minimum Gasteiger partial charge on any atom is -0.199 e. The Balaban J connectivity index is 2.57. The van der Waals surface area contributed by atoms with Crippen molar-refractivity contribution in [2.24, 2.45) is 0 Å². The summed E-state index contributed by atoms with van der Waals surface area (Å²) in [6, 6.07) is 6.61. The first-order valence-corrected chi connectivity index (χ1v) is 7.05. The van der Waals surface area contributed by atoms with Crippen molar-refractivity contribution < 1.29 is 8.42 Å². The van der Waals surface area contributed by atoms with Crippen molar-refractivity contribution in [2.45, 2.75) is 11.8 Å². The zero-order chi connectivity index (χ0) is 11.8. The molecule has 1 heterocycles. The zero-order valence-corrected chi connectivity index (χ0v) is 11.4. The smallest absolute Gasteiger partial charge is 0.199 e. The summed E-state index contributed by atoms with van der Waals surface area (Å²) in [5, 5.41) is 3.74. The third-order valence-electron chi connectivity index (χ3n) is 2.15. The molecule has 0 aliphatic heterocycles. The topological polar surface area (TPSA) is 52.0 Å². The van der Waals surface area contributed by atoms with Crippen molar-refractivity contribution in [1.29, 1.82) is 0 Å². The van der Waals surface area contributed by atoms with E-state index in [-0.39, 0.29) is 4.90 Å². The summed E-state index contributed by atoms with van der Waals surface area (Å²) in [5.41, 5.74) is 0.939. The fraction of sp³-hybridized carbons (Fsp3) is 0.100. The summed E-state index contributed by atoms with van der Waals surface area (Å²) in [7, 11) is -3.53. The highest BCUT2D eigenvalue weighted by molar-refractivity contribution is 14.1. The van der Waals surface area contributed by atoms with Crippen molar-refractivity contribution in [3.63, 3.8) is 0 Å². The number of aryl methyl sites for hydroxylation is 1. The Bertz CT molecular complexity index is 606. The second kappa shape index (κ2) is 4.17. The van der Waals surface area contributed by atoms with Crippen LogP contribution in [-0.4, -0.2) is 17.6 Å². The van der Waals surface area contributed by atoms with Crippen molar-refractivity contribution in [3.8, 4) is 0 Å². The van der Waals surface area contributed by atoms with E-state index in [0.717, 1.165) is 13.2 Å². The van der Waals surface area contributed by atoms with Crippen LogP contribution < -0.4 is 0 Å². The molecule has 2 aromatic rings.